The Kier molecular flexibility index (Phi) is 8.38. The molecule has 0 saturated heterocycles. The highest BCUT2D eigenvalue weighted by Crippen LogP contribution is 2.34. The van der Waals surface area contributed by atoms with Crippen LogP contribution in [-0.4, -0.2) is 38.6 Å². The molecule has 39 heavy (non-hydrogen) atoms. The Morgan fingerprint density at radius 2 is 2.05 bits per heavy atom. The molecule has 11 heteroatoms. The molecule has 2 heterocycles. The maximum Gasteiger partial charge on any atom is 0.307 e. The quantitative estimate of drug-likeness (QED) is 0.139. The molecule has 0 saturated carbocycles. The summed E-state index contributed by atoms with van der Waals surface area (Å²) in [5.74, 6) is -0.993. The van der Waals surface area contributed by atoms with Gasteiger partial charge in [-0.2, -0.15) is 4.39 Å². The average Bonchev–Trinajstić information content (AvgIpc) is 3.24. The average molecular weight is 536 g/mol. The van der Waals surface area contributed by atoms with E-state index in [-0.39, 0.29) is 35.9 Å². The Bertz CT molecular complexity index is 1520. The number of nitrogens with one attached hydrogen (secondary N) is 1. The lowest BCUT2D eigenvalue weighted by molar-refractivity contribution is -0.387. The Balaban J connectivity index is 1.60. The smallest absolute Gasteiger partial charge is 0.307 e. The van der Waals surface area contributed by atoms with Gasteiger partial charge in [0.05, 0.1) is 29.5 Å². The maximum atomic E-state index is 14.1. The van der Waals surface area contributed by atoms with Crippen molar-refractivity contribution in [2.24, 2.45) is 7.05 Å². The van der Waals surface area contributed by atoms with Gasteiger partial charge in [-0.15, -0.1) is 0 Å². The van der Waals surface area contributed by atoms with Crippen molar-refractivity contribution in [3.63, 3.8) is 0 Å². The number of carbonyl (C=O) groups excluding carboxylic acids is 1. The fourth-order valence-corrected chi connectivity index (χ4v) is 4.43. The van der Waals surface area contributed by atoms with Gasteiger partial charge in [0.15, 0.2) is 0 Å². The van der Waals surface area contributed by atoms with Crippen molar-refractivity contribution in [3.8, 4) is 17.0 Å². The van der Waals surface area contributed by atoms with E-state index in [9.17, 15) is 19.3 Å². The molecule has 0 radical (unpaired) electrons. The molecule has 1 N–H and O–H groups in total. The first-order valence-electron chi connectivity index (χ1n) is 12.6. The van der Waals surface area contributed by atoms with E-state index < -0.39 is 16.4 Å². The zero-order chi connectivity index (χ0) is 28.1. The predicted molar refractivity (Wildman–Crippen MR) is 146 cm³/mol. The van der Waals surface area contributed by atoms with Crippen LogP contribution in [0.2, 0.25) is 0 Å². The van der Waals surface area contributed by atoms with E-state index in [0.717, 1.165) is 47.0 Å². The third-order valence-corrected chi connectivity index (χ3v) is 6.34. The van der Waals surface area contributed by atoms with Gasteiger partial charge in [0, 0.05) is 54.5 Å². The highest BCUT2D eigenvalue weighted by Gasteiger charge is 2.20. The van der Waals surface area contributed by atoms with Crippen LogP contribution in [0.1, 0.15) is 38.7 Å². The molecule has 0 amide bonds. The SMILES string of the molecule is CCCC(C)OC(=O)CCc1ccc2c(c1)c(-c1ccnc(Nc3cc([N+](=O)[O-])c(F)cc3OC)n1)cn2C. The molecule has 10 nitrogen and oxygen atoms in total. The first-order chi connectivity index (χ1) is 18.7. The topological polar surface area (TPSA) is 121 Å². The van der Waals surface area contributed by atoms with Crippen LogP contribution in [0, 0.1) is 15.9 Å². The zero-order valence-corrected chi connectivity index (χ0v) is 22.2. The number of carbonyl (C=O) groups is 1. The number of rotatable bonds is 11. The molecular formula is C28H30FN5O5. The van der Waals surface area contributed by atoms with Crippen molar-refractivity contribution >= 4 is 34.2 Å². The summed E-state index contributed by atoms with van der Waals surface area (Å²) in [7, 11) is 3.27. The van der Waals surface area contributed by atoms with Crippen molar-refractivity contribution in [2.45, 2.75) is 45.6 Å². The number of nitro benzene ring substituents is 1. The first-order valence-corrected chi connectivity index (χ1v) is 12.6. The Labute approximate surface area is 224 Å². The van der Waals surface area contributed by atoms with Crippen LogP contribution in [0.5, 0.6) is 5.75 Å². The number of halogens is 1. The summed E-state index contributed by atoms with van der Waals surface area (Å²) >= 11 is 0. The second-order valence-corrected chi connectivity index (χ2v) is 9.25. The molecule has 0 bridgehead atoms. The molecule has 0 aliphatic rings. The van der Waals surface area contributed by atoms with E-state index in [4.69, 9.17) is 9.47 Å². The highest BCUT2D eigenvalue weighted by atomic mass is 19.1. The van der Waals surface area contributed by atoms with Gasteiger partial charge in [-0.25, -0.2) is 9.97 Å². The Morgan fingerprint density at radius 1 is 1.26 bits per heavy atom. The van der Waals surface area contributed by atoms with Gasteiger partial charge in [0.1, 0.15) is 5.75 Å². The van der Waals surface area contributed by atoms with Gasteiger partial charge in [0.25, 0.3) is 0 Å². The van der Waals surface area contributed by atoms with Crippen molar-refractivity contribution in [3.05, 3.63) is 70.3 Å². The van der Waals surface area contributed by atoms with Crippen LogP contribution in [0.25, 0.3) is 22.2 Å². The van der Waals surface area contributed by atoms with Gasteiger partial charge in [-0.3, -0.25) is 14.9 Å². The van der Waals surface area contributed by atoms with Crippen molar-refractivity contribution < 1.29 is 23.6 Å². The summed E-state index contributed by atoms with van der Waals surface area (Å²) in [4.78, 5) is 31.5. The third-order valence-electron chi connectivity index (χ3n) is 6.34. The van der Waals surface area contributed by atoms with E-state index in [1.54, 1.807) is 12.3 Å². The number of hydrogen-bond donors (Lipinski definition) is 1. The van der Waals surface area contributed by atoms with Crippen LogP contribution in [0.15, 0.2) is 48.8 Å². The largest absolute Gasteiger partial charge is 0.494 e. The number of ether oxygens (including phenoxy) is 2. The van der Waals surface area contributed by atoms with Crippen LogP contribution in [0.4, 0.5) is 21.7 Å². The molecule has 2 aromatic heterocycles. The lowest BCUT2D eigenvalue weighted by atomic mass is 10.0. The molecule has 0 spiro atoms. The molecule has 1 atom stereocenters. The van der Waals surface area contributed by atoms with Crippen LogP contribution in [0.3, 0.4) is 0 Å². The summed E-state index contributed by atoms with van der Waals surface area (Å²) in [5, 5.41) is 15.1. The van der Waals surface area contributed by atoms with Gasteiger partial charge < -0.3 is 19.4 Å². The second-order valence-electron chi connectivity index (χ2n) is 9.25. The standard InChI is InChI=1S/C28H30FN5O5/c1-5-6-17(2)39-27(35)10-8-18-7-9-24-19(13-18)20(16-33(24)3)22-11-12-30-28(31-22)32-23-15-25(34(36)37)21(29)14-26(23)38-4/h7,9,11-17H,5-6,8,10H2,1-4H3,(H,30,31,32). The predicted octanol–water partition coefficient (Wildman–Crippen LogP) is 6.10. The number of nitro groups is 1. The summed E-state index contributed by atoms with van der Waals surface area (Å²) in [6.07, 6.45) is 6.05. The van der Waals surface area contributed by atoms with Crippen molar-refractivity contribution in [1.29, 1.82) is 0 Å². The molecule has 1 unspecified atom stereocenters. The number of hydrogen-bond acceptors (Lipinski definition) is 8. The van der Waals surface area contributed by atoms with Gasteiger partial charge >= 0.3 is 11.7 Å². The number of esters is 1. The van der Waals surface area contributed by atoms with E-state index in [1.807, 2.05) is 42.9 Å². The molecule has 0 aliphatic heterocycles. The summed E-state index contributed by atoms with van der Waals surface area (Å²) in [6.45, 7) is 3.96. The van der Waals surface area contributed by atoms with E-state index >= 15 is 0 Å². The minimum absolute atomic E-state index is 0.0736. The number of methoxy groups -OCH3 is 1. The van der Waals surface area contributed by atoms with Crippen LogP contribution >= 0.6 is 0 Å². The number of aryl methyl sites for hydroxylation is 2. The normalized spacial score (nSPS) is 11.8. The minimum atomic E-state index is -1.01. The number of fused-ring (bicyclic) bond motifs is 1. The van der Waals surface area contributed by atoms with Gasteiger partial charge in [0.2, 0.25) is 11.8 Å². The number of aromatic nitrogens is 3. The first kappa shape index (κ1) is 27.5. The maximum absolute atomic E-state index is 14.1. The van der Waals surface area contributed by atoms with E-state index in [1.165, 1.54) is 7.11 Å². The Hall–Kier alpha value is -4.54. The number of benzene rings is 2. The molecule has 0 fully saturated rings. The lowest BCUT2D eigenvalue weighted by Gasteiger charge is -2.12. The summed E-state index contributed by atoms with van der Waals surface area (Å²) in [5.41, 5.74) is 2.89. The van der Waals surface area contributed by atoms with Crippen LogP contribution < -0.4 is 10.1 Å². The Morgan fingerprint density at radius 3 is 2.77 bits per heavy atom. The van der Waals surface area contributed by atoms with Crippen LogP contribution in [-0.2, 0) is 23.0 Å². The molecular weight excluding hydrogens is 505 g/mol. The third kappa shape index (κ3) is 6.31. The monoisotopic (exact) mass is 535 g/mol. The van der Waals surface area contributed by atoms with Gasteiger partial charge in [-0.1, -0.05) is 19.4 Å². The zero-order valence-electron chi connectivity index (χ0n) is 22.2. The second kappa shape index (κ2) is 11.9. The molecule has 0 aliphatic carbocycles. The highest BCUT2D eigenvalue weighted by molar-refractivity contribution is 5.95. The van der Waals surface area contributed by atoms with E-state index in [0.29, 0.717) is 12.1 Å². The molecule has 2 aromatic carbocycles. The fourth-order valence-electron chi connectivity index (χ4n) is 4.43. The minimum Gasteiger partial charge on any atom is -0.494 e. The summed E-state index contributed by atoms with van der Waals surface area (Å²) < 4.78 is 26.7. The number of anilines is 2. The van der Waals surface area contributed by atoms with E-state index in [2.05, 4.69) is 22.2 Å². The summed E-state index contributed by atoms with van der Waals surface area (Å²) in [6, 6.07) is 9.77. The molecule has 204 valence electrons. The lowest BCUT2D eigenvalue weighted by Crippen LogP contribution is -2.15. The fraction of sp³-hybridized carbons (Fsp3) is 0.321. The number of nitrogens with zero attached hydrogens (tertiary/aromatic N) is 4. The van der Waals surface area contributed by atoms with Crippen molar-refractivity contribution in [2.75, 3.05) is 12.4 Å². The van der Waals surface area contributed by atoms with Crippen molar-refractivity contribution in [1.82, 2.24) is 14.5 Å². The van der Waals surface area contributed by atoms with Gasteiger partial charge in [-0.05, 0) is 43.5 Å². The molecule has 4 aromatic rings. The molecule has 4 rings (SSSR count).